The zero-order valence-electron chi connectivity index (χ0n) is 9.87. The highest BCUT2D eigenvalue weighted by Gasteiger charge is 2.37. The molecular weight excluding hydrogens is 222 g/mol. The van der Waals surface area contributed by atoms with Crippen LogP contribution in [0, 0.1) is 5.92 Å². The lowest BCUT2D eigenvalue weighted by Gasteiger charge is -2.42. The monoisotopic (exact) mass is 245 g/mol. The smallest absolute Gasteiger partial charge is 0.0320 e. The quantitative estimate of drug-likeness (QED) is 0.818. The highest BCUT2D eigenvalue weighted by Crippen LogP contribution is 2.40. The second-order valence-corrected chi connectivity index (χ2v) is 7.46. The highest BCUT2D eigenvalue weighted by atomic mass is 32.2. The van der Waals surface area contributed by atoms with Gasteiger partial charge in [0.2, 0.25) is 0 Å². The SMILES string of the molecule is CCNC(C1CCC1)C1SCCSC1C. The maximum absolute atomic E-state index is 3.75. The lowest BCUT2D eigenvalue weighted by atomic mass is 9.78. The Bertz CT molecular complexity index is 194. The first kappa shape index (κ1) is 12.1. The van der Waals surface area contributed by atoms with E-state index in [0.717, 1.165) is 29.0 Å². The summed E-state index contributed by atoms with van der Waals surface area (Å²) in [5.41, 5.74) is 0. The van der Waals surface area contributed by atoms with Crippen LogP contribution in [0.25, 0.3) is 0 Å². The number of rotatable bonds is 4. The molecule has 0 radical (unpaired) electrons. The van der Waals surface area contributed by atoms with E-state index < -0.39 is 0 Å². The molecule has 1 N–H and O–H groups in total. The van der Waals surface area contributed by atoms with Crippen molar-refractivity contribution in [2.75, 3.05) is 18.1 Å². The topological polar surface area (TPSA) is 12.0 Å². The standard InChI is InChI=1S/C12H23NS2/c1-3-13-11(10-5-4-6-10)12-9(2)14-7-8-15-12/h9-13H,3-8H2,1-2H3. The van der Waals surface area contributed by atoms with Gasteiger partial charge in [0.15, 0.2) is 0 Å². The van der Waals surface area contributed by atoms with Crippen molar-refractivity contribution in [1.82, 2.24) is 5.32 Å². The van der Waals surface area contributed by atoms with Crippen LogP contribution in [0.15, 0.2) is 0 Å². The number of hydrogen-bond acceptors (Lipinski definition) is 3. The summed E-state index contributed by atoms with van der Waals surface area (Å²) < 4.78 is 0. The molecule has 1 nitrogen and oxygen atoms in total. The molecule has 2 aliphatic rings. The highest BCUT2D eigenvalue weighted by molar-refractivity contribution is 8.07. The van der Waals surface area contributed by atoms with Crippen molar-refractivity contribution in [3.63, 3.8) is 0 Å². The molecule has 0 bridgehead atoms. The molecule has 1 heterocycles. The maximum atomic E-state index is 3.75. The summed E-state index contributed by atoms with van der Waals surface area (Å²) >= 11 is 4.39. The lowest BCUT2D eigenvalue weighted by Crippen LogP contribution is -2.50. The van der Waals surface area contributed by atoms with Crippen LogP contribution in [0.3, 0.4) is 0 Å². The molecule has 3 unspecified atom stereocenters. The molecule has 2 fully saturated rings. The molecule has 2 rings (SSSR count). The molecule has 3 heteroatoms. The molecule has 3 atom stereocenters. The maximum Gasteiger partial charge on any atom is 0.0320 e. The van der Waals surface area contributed by atoms with Crippen molar-refractivity contribution in [3.8, 4) is 0 Å². The van der Waals surface area contributed by atoms with Crippen molar-refractivity contribution in [2.45, 2.75) is 49.7 Å². The minimum absolute atomic E-state index is 0.788. The van der Waals surface area contributed by atoms with Crippen LogP contribution in [-0.4, -0.2) is 34.6 Å². The molecule has 1 saturated carbocycles. The van der Waals surface area contributed by atoms with Gasteiger partial charge in [0.25, 0.3) is 0 Å². The molecule has 0 aromatic heterocycles. The number of nitrogens with one attached hydrogen (secondary N) is 1. The van der Waals surface area contributed by atoms with Gasteiger partial charge in [0.05, 0.1) is 0 Å². The minimum atomic E-state index is 0.788. The molecule has 1 saturated heterocycles. The molecule has 0 aromatic carbocycles. The summed E-state index contributed by atoms with van der Waals surface area (Å²) in [6.07, 6.45) is 4.39. The fraction of sp³-hybridized carbons (Fsp3) is 1.00. The third-order valence-corrected chi connectivity index (χ3v) is 6.90. The molecule has 0 aromatic rings. The first-order valence-electron chi connectivity index (χ1n) is 6.29. The zero-order chi connectivity index (χ0) is 10.7. The van der Waals surface area contributed by atoms with Crippen LogP contribution in [0.2, 0.25) is 0 Å². The van der Waals surface area contributed by atoms with Gasteiger partial charge in [-0.05, 0) is 25.3 Å². The molecule has 15 heavy (non-hydrogen) atoms. The number of hydrogen-bond donors (Lipinski definition) is 1. The van der Waals surface area contributed by atoms with Crippen molar-refractivity contribution >= 4 is 23.5 Å². The average Bonchev–Trinajstić information content (AvgIpc) is 2.15. The van der Waals surface area contributed by atoms with Gasteiger partial charge in [-0.1, -0.05) is 20.3 Å². The van der Waals surface area contributed by atoms with Crippen molar-refractivity contribution < 1.29 is 0 Å². The first-order chi connectivity index (χ1) is 7.33. The van der Waals surface area contributed by atoms with E-state index in [1.165, 1.54) is 30.8 Å². The van der Waals surface area contributed by atoms with E-state index in [1.54, 1.807) is 0 Å². The molecule has 1 aliphatic carbocycles. The fourth-order valence-corrected chi connectivity index (χ4v) is 5.67. The lowest BCUT2D eigenvalue weighted by molar-refractivity contribution is 0.226. The summed E-state index contributed by atoms with van der Waals surface area (Å²) in [4.78, 5) is 0. The van der Waals surface area contributed by atoms with E-state index in [4.69, 9.17) is 0 Å². The van der Waals surface area contributed by atoms with E-state index in [0.29, 0.717) is 0 Å². The fourth-order valence-electron chi connectivity index (χ4n) is 2.63. The summed E-state index contributed by atoms with van der Waals surface area (Å²) in [6.45, 7) is 5.80. The summed E-state index contributed by atoms with van der Waals surface area (Å²) in [7, 11) is 0. The van der Waals surface area contributed by atoms with Gasteiger partial charge in [-0.15, -0.1) is 0 Å². The summed E-state index contributed by atoms with van der Waals surface area (Å²) in [5.74, 6) is 3.68. The third kappa shape index (κ3) is 2.86. The third-order valence-electron chi connectivity index (χ3n) is 3.69. The van der Waals surface area contributed by atoms with E-state index in [-0.39, 0.29) is 0 Å². The Hall–Kier alpha value is 0.660. The second kappa shape index (κ2) is 5.83. The Morgan fingerprint density at radius 2 is 2.00 bits per heavy atom. The average molecular weight is 245 g/mol. The Kier molecular flexibility index (Phi) is 4.71. The predicted molar refractivity (Wildman–Crippen MR) is 73.0 cm³/mol. The van der Waals surface area contributed by atoms with E-state index in [9.17, 15) is 0 Å². The van der Waals surface area contributed by atoms with Gasteiger partial charge in [0.1, 0.15) is 0 Å². The van der Waals surface area contributed by atoms with Gasteiger partial charge < -0.3 is 5.32 Å². The van der Waals surface area contributed by atoms with Crippen molar-refractivity contribution in [3.05, 3.63) is 0 Å². The molecule has 0 spiro atoms. The summed E-state index contributed by atoms with van der Waals surface area (Å²) in [6, 6.07) is 0.788. The van der Waals surface area contributed by atoms with Gasteiger partial charge in [-0.2, -0.15) is 23.5 Å². The zero-order valence-corrected chi connectivity index (χ0v) is 11.5. The van der Waals surface area contributed by atoms with Crippen LogP contribution in [0.1, 0.15) is 33.1 Å². The molecular formula is C12H23NS2. The van der Waals surface area contributed by atoms with Gasteiger partial charge in [-0.3, -0.25) is 0 Å². The predicted octanol–water partition coefficient (Wildman–Crippen LogP) is 3.00. The van der Waals surface area contributed by atoms with Crippen molar-refractivity contribution in [2.24, 2.45) is 5.92 Å². The van der Waals surface area contributed by atoms with Crippen molar-refractivity contribution in [1.29, 1.82) is 0 Å². The Balaban J connectivity index is 1.94. The summed E-state index contributed by atoms with van der Waals surface area (Å²) in [5, 5.41) is 5.45. The van der Waals surface area contributed by atoms with Crippen LogP contribution in [-0.2, 0) is 0 Å². The Morgan fingerprint density at radius 3 is 2.53 bits per heavy atom. The van der Waals surface area contributed by atoms with Crippen LogP contribution >= 0.6 is 23.5 Å². The van der Waals surface area contributed by atoms with Gasteiger partial charge >= 0.3 is 0 Å². The first-order valence-corrected chi connectivity index (χ1v) is 8.39. The molecule has 1 aliphatic heterocycles. The molecule has 0 amide bonds. The molecule has 88 valence electrons. The largest absolute Gasteiger partial charge is 0.313 e. The minimum Gasteiger partial charge on any atom is -0.313 e. The Labute approximate surface area is 103 Å². The normalized spacial score (nSPS) is 34.8. The van der Waals surface area contributed by atoms with Crippen LogP contribution in [0.4, 0.5) is 0 Å². The Morgan fingerprint density at radius 1 is 1.27 bits per heavy atom. The van der Waals surface area contributed by atoms with Gasteiger partial charge in [-0.25, -0.2) is 0 Å². The van der Waals surface area contributed by atoms with Crippen LogP contribution < -0.4 is 5.32 Å². The second-order valence-electron chi connectivity index (χ2n) is 4.69. The van der Waals surface area contributed by atoms with Crippen LogP contribution in [0.5, 0.6) is 0 Å². The van der Waals surface area contributed by atoms with E-state index in [1.807, 2.05) is 0 Å². The van der Waals surface area contributed by atoms with E-state index >= 15 is 0 Å². The van der Waals surface area contributed by atoms with E-state index in [2.05, 4.69) is 42.7 Å². The van der Waals surface area contributed by atoms with Gasteiger partial charge in [0, 0.05) is 28.0 Å². The number of thioether (sulfide) groups is 2.